The summed E-state index contributed by atoms with van der Waals surface area (Å²) in [4.78, 5) is 0. The first kappa shape index (κ1) is 11.3. The second-order valence-corrected chi connectivity index (χ2v) is 3.71. The zero-order valence-electron chi connectivity index (χ0n) is 7.56. The predicted molar refractivity (Wildman–Crippen MR) is 58.7 cm³/mol. The third-order valence-corrected chi connectivity index (χ3v) is 2.35. The zero-order chi connectivity index (χ0) is 10.6. The third kappa shape index (κ3) is 2.85. The molecule has 78 valence electrons. The summed E-state index contributed by atoms with van der Waals surface area (Å²) in [5.41, 5.74) is 6.62. The standard InChI is InChI=1S/C9H12BrFN2O/c10-6-4-9(13-2-1-3-14)8(12)5-7(6)11/h4-5,13-14H,1-3,12H2. The lowest BCUT2D eigenvalue weighted by Gasteiger charge is -2.09. The Labute approximate surface area is 90.2 Å². The molecule has 4 N–H and O–H groups in total. The van der Waals surface area contributed by atoms with Crippen LogP contribution in [0.25, 0.3) is 0 Å². The molecule has 3 nitrogen and oxygen atoms in total. The molecular formula is C9H12BrFN2O. The number of halogens is 2. The molecule has 0 atom stereocenters. The molecule has 14 heavy (non-hydrogen) atoms. The summed E-state index contributed by atoms with van der Waals surface area (Å²) < 4.78 is 13.3. The molecule has 0 bridgehead atoms. The van der Waals surface area contributed by atoms with Gasteiger partial charge in [-0.25, -0.2) is 4.39 Å². The second kappa shape index (κ2) is 5.17. The van der Waals surface area contributed by atoms with Gasteiger partial charge >= 0.3 is 0 Å². The number of aliphatic hydroxyl groups excluding tert-OH is 1. The normalized spacial score (nSPS) is 10.2. The number of aliphatic hydroxyl groups is 1. The van der Waals surface area contributed by atoms with Gasteiger partial charge in [-0.15, -0.1) is 0 Å². The first-order valence-electron chi connectivity index (χ1n) is 4.24. The van der Waals surface area contributed by atoms with Crippen LogP contribution >= 0.6 is 15.9 Å². The summed E-state index contributed by atoms with van der Waals surface area (Å²) in [6.45, 7) is 0.730. The Bertz CT molecular complexity index is 320. The Kier molecular flexibility index (Phi) is 4.16. The maximum absolute atomic E-state index is 13.0. The van der Waals surface area contributed by atoms with Gasteiger partial charge in [0.05, 0.1) is 15.8 Å². The highest BCUT2D eigenvalue weighted by molar-refractivity contribution is 9.10. The number of rotatable bonds is 4. The van der Waals surface area contributed by atoms with Crippen LogP contribution in [0, 0.1) is 5.82 Å². The van der Waals surface area contributed by atoms with Gasteiger partial charge in [-0.05, 0) is 28.4 Å². The highest BCUT2D eigenvalue weighted by atomic mass is 79.9. The molecule has 0 unspecified atom stereocenters. The van der Waals surface area contributed by atoms with Crippen LogP contribution in [0.3, 0.4) is 0 Å². The molecule has 1 aromatic carbocycles. The van der Waals surface area contributed by atoms with Crippen LogP contribution in [-0.4, -0.2) is 18.3 Å². The fourth-order valence-corrected chi connectivity index (χ4v) is 1.36. The largest absolute Gasteiger partial charge is 0.397 e. The maximum atomic E-state index is 13.0. The molecule has 1 rings (SSSR count). The number of nitrogens with two attached hydrogens (primary N) is 1. The Morgan fingerprint density at radius 3 is 2.86 bits per heavy atom. The van der Waals surface area contributed by atoms with Crippen molar-refractivity contribution in [3.05, 3.63) is 22.4 Å². The summed E-state index contributed by atoms with van der Waals surface area (Å²) in [7, 11) is 0. The molecule has 0 saturated carbocycles. The summed E-state index contributed by atoms with van der Waals surface area (Å²) in [6, 6.07) is 2.84. The molecule has 0 aliphatic heterocycles. The lowest BCUT2D eigenvalue weighted by Crippen LogP contribution is -2.06. The Morgan fingerprint density at radius 1 is 1.50 bits per heavy atom. The molecule has 0 aliphatic carbocycles. The predicted octanol–water partition coefficient (Wildman–Crippen LogP) is 1.96. The van der Waals surface area contributed by atoms with E-state index < -0.39 is 0 Å². The molecule has 0 heterocycles. The average Bonchev–Trinajstić information content (AvgIpc) is 2.14. The Hall–Kier alpha value is -0.810. The number of nitrogen functional groups attached to an aromatic ring is 1. The van der Waals surface area contributed by atoms with E-state index in [1.807, 2.05) is 0 Å². The van der Waals surface area contributed by atoms with E-state index in [4.69, 9.17) is 10.8 Å². The van der Waals surface area contributed by atoms with Crippen LogP contribution in [0.15, 0.2) is 16.6 Å². The van der Waals surface area contributed by atoms with E-state index in [0.717, 1.165) is 0 Å². The molecule has 5 heteroatoms. The lowest BCUT2D eigenvalue weighted by atomic mass is 10.2. The van der Waals surface area contributed by atoms with Crippen molar-refractivity contribution in [1.82, 2.24) is 0 Å². The topological polar surface area (TPSA) is 58.3 Å². The maximum Gasteiger partial charge on any atom is 0.139 e. The lowest BCUT2D eigenvalue weighted by molar-refractivity contribution is 0.292. The van der Waals surface area contributed by atoms with Gasteiger partial charge in [-0.2, -0.15) is 0 Å². The Morgan fingerprint density at radius 2 is 2.21 bits per heavy atom. The molecule has 0 saturated heterocycles. The van der Waals surface area contributed by atoms with Gasteiger partial charge in [-0.1, -0.05) is 0 Å². The quantitative estimate of drug-likeness (QED) is 0.575. The number of anilines is 2. The minimum absolute atomic E-state index is 0.120. The average molecular weight is 263 g/mol. The van der Waals surface area contributed by atoms with Crippen molar-refractivity contribution < 1.29 is 9.50 Å². The summed E-state index contributed by atoms with van der Waals surface area (Å²) >= 11 is 3.07. The summed E-state index contributed by atoms with van der Waals surface area (Å²) in [5.74, 6) is -0.379. The number of benzene rings is 1. The smallest absolute Gasteiger partial charge is 0.139 e. The van der Waals surface area contributed by atoms with Gasteiger partial charge in [0.15, 0.2) is 0 Å². The van der Waals surface area contributed by atoms with Crippen LogP contribution in [0.4, 0.5) is 15.8 Å². The van der Waals surface area contributed by atoms with Crippen molar-refractivity contribution in [2.45, 2.75) is 6.42 Å². The molecule has 0 radical (unpaired) electrons. The van der Waals surface area contributed by atoms with E-state index >= 15 is 0 Å². The third-order valence-electron chi connectivity index (χ3n) is 1.74. The van der Waals surface area contributed by atoms with Crippen LogP contribution < -0.4 is 11.1 Å². The van der Waals surface area contributed by atoms with Crippen molar-refractivity contribution in [3.63, 3.8) is 0 Å². The minimum atomic E-state index is -0.379. The van der Waals surface area contributed by atoms with E-state index in [2.05, 4.69) is 21.2 Å². The second-order valence-electron chi connectivity index (χ2n) is 2.86. The first-order chi connectivity index (χ1) is 6.65. The van der Waals surface area contributed by atoms with Crippen LogP contribution in [0.5, 0.6) is 0 Å². The van der Waals surface area contributed by atoms with E-state index in [0.29, 0.717) is 28.8 Å². The fourth-order valence-electron chi connectivity index (χ4n) is 1.02. The molecule has 0 amide bonds. The minimum Gasteiger partial charge on any atom is -0.397 e. The Balaban J connectivity index is 2.72. The van der Waals surface area contributed by atoms with Crippen LogP contribution in [0.2, 0.25) is 0 Å². The van der Waals surface area contributed by atoms with Crippen molar-refractivity contribution in [3.8, 4) is 0 Å². The van der Waals surface area contributed by atoms with E-state index in [9.17, 15) is 4.39 Å². The number of nitrogens with one attached hydrogen (secondary N) is 1. The molecule has 0 spiro atoms. The van der Waals surface area contributed by atoms with Crippen molar-refractivity contribution in [2.24, 2.45) is 0 Å². The number of hydrogen-bond acceptors (Lipinski definition) is 3. The van der Waals surface area contributed by atoms with Gasteiger partial charge < -0.3 is 16.2 Å². The van der Waals surface area contributed by atoms with Crippen LogP contribution in [0.1, 0.15) is 6.42 Å². The van der Waals surface area contributed by atoms with Crippen molar-refractivity contribution >= 4 is 27.3 Å². The van der Waals surface area contributed by atoms with Crippen LogP contribution in [-0.2, 0) is 0 Å². The zero-order valence-corrected chi connectivity index (χ0v) is 9.14. The SMILES string of the molecule is Nc1cc(F)c(Br)cc1NCCCO. The molecule has 1 aromatic rings. The molecule has 0 fully saturated rings. The van der Waals surface area contributed by atoms with E-state index in [1.54, 1.807) is 6.07 Å². The monoisotopic (exact) mass is 262 g/mol. The highest BCUT2D eigenvalue weighted by Crippen LogP contribution is 2.26. The van der Waals surface area contributed by atoms with Gasteiger partial charge in [0.25, 0.3) is 0 Å². The first-order valence-corrected chi connectivity index (χ1v) is 5.03. The van der Waals surface area contributed by atoms with Gasteiger partial charge in [-0.3, -0.25) is 0 Å². The molecular weight excluding hydrogens is 251 g/mol. The summed E-state index contributed by atoms with van der Waals surface area (Å²) in [6.07, 6.45) is 0.633. The van der Waals surface area contributed by atoms with Crippen molar-refractivity contribution in [1.29, 1.82) is 0 Å². The van der Waals surface area contributed by atoms with Gasteiger partial charge in [0.2, 0.25) is 0 Å². The van der Waals surface area contributed by atoms with E-state index in [-0.39, 0.29) is 12.4 Å². The molecule has 0 aromatic heterocycles. The fraction of sp³-hybridized carbons (Fsp3) is 0.333. The summed E-state index contributed by atoms with van der Waals surface area (Å²) in [5, 5.41) is 11.6. The van der Waals surface area contributed by atoms with Gasteiger partial charge in [0.1, 0.15) is 5.82 Å². The molecule has 0 aliphatic rings. The van der Waals surface area contributed by atoms with Crippen molar-refractivity contribution in [2.75, 3.05) is 24.2 Å². The highest BCUT2D eigenvalue weighted by Gasteiger charge is 2.04. The van der Waals surface area contributed by atoms with Gasteiger partial charge in [0, 0.05) is 19.2 Å². The van der Waals surface area contributed by atoms with E-state index in [1.165, 1.54) is 6.07 Å². The number of hydrogen-bond donors (Lipinski definition) is 3.